The lowest BCUT2D eigenvalue weighted by Gasteiger charge is -2.37. The van der Waals surface area contributed by atoms with Gasteiger partial charge in [-0.1, -0.05) is 0 Å². The fraction of sp³-hybridized carbons (Fsp3) is 0.889. The van der Waals surface area contributed by atoms with Crippen molar-refractivity contribution in [1.82, 2.24) is 0 Å². The highest BCUT2D eigenvalue weighted by Gasteiger charge is 2.46. The molecule has 3 aliphatic rings. The molecule has 0 radical (unpaired) electrons. The number of ether oxygens (including phenoxy) is 3. The number of carboxylic acid groups (broad SMARTS) is 1. The Bertz CT molecular complexity index is 706. The molecule has 0 spiro atoms. The van der Waals surface area contributed by atoms with E-state index in [1.54, 1.807) is 0 Å². The average molecular weight is 552 g/mol. The van der Waals surface area contributed by atoms with Crippen molar-refractivity contribution < 1.29 is 95.3 Å². The van der Waals surface area contributed by atoms with Gasteiger partial charge in [-0.15, -0.1) is 0 Å². The van der Waals surface area contributed by atoms with Crippen LogP contribution in [0.15, 0.2) is 0 Å². The van der Waals surface area contributed by atoms with Gasteiger partial charge in [-0.25, -0.2) is 4.79 Å². The summed E-state index contributed by atoms with van der Waals surface area (Å²) in [5.41, 5.74) is 0. The molecule has 3 heterocycles. The summed E-state index contributed by atoms with van der Waals surface area (Å²) in [6.07, 6.45) is -23.1. The van der Waals surface area contributed by atoms with E-state index in [9.17, 15) is 9.59 Å². The van der Waals surface area contributed by atoms with Crippen LogP contribution >= 0.6 is 0 Å². The normalized spacial score (nSPS) is 48.0. The Morgan fingerprint density at radius 1 is 0.568 bits per heavy atom. The van der Waals surface area contributed by atoms with E-state index in [1.165, 1.54) is 0 Å². The van der Waals surface area contributed by atoms with E-state index in [2.05, 4.69) is 14.2 Å². The highest BCUT2D eigenvalue weighted by Crippen LogP contribution is 2.21. The zero-order chi connectivity index (χ0) is 28.8. The largest absolute Gasteiger partial charge is 0.479 e. The van der Waals surface area contributed by atoms with Gasteiger partial charge in [0.05, 0.1) is 6.61 Å². The predicted octanol–water partition coefficient (Wildman–Crippen LogP) is -9.37. The van der Waals surface area contributed by atoms with Crippen LogP contribution in [0.5, 0.6) is 0 Å². The van der Waals surface area contributed by atoms with E-state index < -0.39 is 105 Å². The van der Waals surface area contributed by atoms with Crippen LogP contribution in [0.3, 0.4) is 0 Å². The van der Waals surface area contributed by atoms with Crippen LogP contribution in [-0.4, -0.2) is 182 Å². The van der Waals surface area contributed by atoms with Crippen LogP contribution in [0.2, 0.25) is 0 Å². The predicted molar refractivity (Wildman–Crippen MR) is 107 cm³/mol. The molecule has 3 saturated heterocycles. The number of rotatable bonds is 3. The molecule has 14 N–H and O–H groups in total. The number of hydrogen-bond donors (Lipinski definition) is 14. The molecule has 218 valence electrons. The minimum atomic E-state index is -1.81. The van der Waals surface area contributed by atoms with Crippen LogP contribution in [0.1, 0.15) is 0 Å². The Labute approximate surface area is 207 Å². The van der Waals surface area contributed by atoms with Crippen molar-refractivity contribution in [2.75, 3.05) is 6.61 Å². The van der Waals surface area contributed by atoms with Crippen molar-refractivity contribution in [2.45, 2.75) is 92.1 Å². The van der Waals surface area contributed by atoms with E-state index in [1.807, 2.05) is 0 Å². The Hall–Kier alpha value is -1.50. The lowest BCUT2D eigenvalue weighted by Crippen LogP contribution is -2.59. The molecular weight excluding hydrogens is 520 g/mol. The first-order valence-electron chi connectivity index (χ1n) is 10.5. The molecule has 0 amide bonds. The molecule has 0 aliphatic carbocycles. The first kappa shape index (κ1) is 33.5. The fourth-order valence-electron chi connectivity index (χ4n) is 3.15. The maximum absolute atomic E-state index is 10.4. The van der Waals surface area contributed by atoms with E-state index in [0.29, 0.717) is 0 Å². The third-order valence-corrected chi connectivity index (χ3v) is 5.46. The fourth-order valence-corrected chi connectivity index (χ4v) is 3.15. The maximum Gasteiger partial charge on any atom is 0.335 e. The van der Waals surface area contributed by atoms with Crippen LogP contribution in [0, 0.1) is 0 Å². The molecule has 19 nitrogen and oxygen atoms in total. The van der Waals surface area contributed by atoms with Gasteiger partial charge in [-0.2, -0.15) is 0 Å². The van der Waals surface area contributed by atoms with Crippen LogP contribution in [0.25, 0.3) is 0 Å². The van der Waals surface area contributed by atoms with Crippen molar-refractivity contribution in [1.29, 1.82) is 0 Å². The Morgan fingerprint density at radius 2 is 0.973 bits per heavy atom. The summed E-state index contributed by atoms with van der Waals surface area (Å²) in [7, 11) is 0. The zero-order valence-corrected chi connectivity index (χ0v) is 18.7. The molecule has 0 aromatic rings. The van der Waals surface area contributed by atoms with Crippen molar-refractivity contribution in [3.8, 4) is 0 Å². The number of carbonyl (C=O) groups is 2. The summed E-state index contributed by atoms with van der Waals surface area (Å²) < 4.78 is 13.4. The van der Waals surface area contributed by atoms with Crippen molar-refractivity contribution >= 4 is 12.3 Å². The monoisotopic (exact) mass is 552 g/mol. The quantitative estimate of drug-likeness (QED) is 0.144. The molecule has 3 aliphatic heterocycles. The second-order valence-electron chi connectivity index (χ2n) is 8.08. The third kappa shape index (κ3) is 8.24. The molecule has 0 bridgehead atoms. The molecular formula is C18H32O19. The molecule has 3 rings (SSSR count). The molecule has 15 atom stereocenters. The lowest BCUT2D eigenvalue weighted by molar-refractivity contribution is -0.286. The molecule has 37 heavy (non-hydrogen) atoms. The second-order valence-corrected chi connectivity index (χ2v) is 8.08. The number of aliphatic hydroxyl groups is 13. The summed E-state index contributed by atoms with van der Waals surface area (Å²) in [5.74, 6) is -1.52. The van der Waals surface area contributed by atoms with Gasteiger partial charge < -0.3 is 90.5 Å². The summed E-state index contributed by atoms with van der Waals surface area (Å²) in [6, 6.07) is 0. The average Bonchev–Trinajstić information content (AvgIpc) is 2.87. The van der Waals surface area contributed by atoms with Gasteiger partial charge in [0.1, 0.15) is 67.1 Å². The van der Waals surface area contributed by atoms with Gasteiger partial charge in [-0.3, -0.25) is 0 Å². The molecule has 0 saturated carbocycles. The number of aldehydes is 1. The number of hydrogen-bond acceptors (Lipinski definition) is 18. The Morgan fingerprint density at radius 3 is 1.41 bits per heavy atom. The van der Waals surface area contributed by atoms with Gasteiger partial charge in [0.2, 0.25) is 0 Å². The SMILES string of the molecule is O=C(O)C1O[C@@H](O)[C@@H](O)[C@H](O)[C@H]1O.O=CC1O[C@@H](O)[C@@H](O)[C@H](O)[C@H]1O.OCC1O[C@@H](O)[C@@H](O)[C@H](O)[C@H]1O. The first-order valence-corrected chi connectivity index (χ1v) is 10.5. The van der Waals surface area contributed by atoms with E-state index in [4.69, 9.17) is 71.5 Å². The minimum Gasteiger partial charge on any atom is -0.479 e. The highest BCUT2D eigenvalue weighted by atomic mass is 16.7. The molecule has 3 unspecified atom stereocenters. The maximum atomic E-state index is 10.4. The smallest absolute Gasteiger partial charge is 0.335 e. The van der Waals surface area contributed by atoms with Gasteiger partial charge in [0.25, 0.3) is 0 Å². The van der Waals surface area contributed by atoms with E-state index in [-0.39, 0.29) is 6.29 Å². The molecule has 3 fully saturated rings. The van der Waals surface area contributed by atoms with Crippen molar-refractivity contribution in [2.24, 2.45) is 0 Å². The topological polar surface area (TPSA) is 345 Å². The number of carbonyl (C=O) groups excluding carboxylic acids is 1. The van der Waals surface area contributed by atoms with E-state index in [0.717, 1.165) is 0 Å². The Balaban J connectivity index is 0.000000278. The van der Waals surface area contributed by atoms with Crippen molar-refractivity contribution in [3.63, 3.8) is 0 Å². The van der Waals surface area contributed by atoms with Gasteiger partial charge in [-0.05, 0) is 0 Å². The number of aliphatic carboxylic acids is 1. The highest BCUT2D eigenvalue weighted by molar-refractivity contribution is 5.73. The van der Waals surface area contributed by atoms with Gasteiger partial charge in [0, 0.05) is 0 Å². The van der Waals surface area contributed by atoms with Crippen molar-refractivity contribution in [3.05, 3.63) is 0 Å². The van der Waals surface area contributed by atoms with E-state index >= 15 is 0 Å². The summed E-state index contributed by atoms with van der Waals surface area (Å²) in [4.78, 5) is 20.6. The summed E-state index contributed by atoms with van der Waals surface area (Å²) in [6.45, 7) is -0.526. The zero-order valence-electron chi connectivity index (χ0n) is 18.7. The second kappa shape index (κ2) is 14.6. The third-order valence-electron chi connectivity index (χ3n) is 5.46. The number of aliphatic hydroxyl groups excluding tert-OH is 13. The summed E-state index contributed by atoms with van der Waals surface area (Å²) >= 11 is 0. The van der Waals surface area contributed by atoms with Crippen LogP contribution < -0.4 is 0 Å². The lowest BCUT2D eigenvalue weighted by atomic mass is 9.99. The summed E-state index contributed by atoms with van der Waals surface area (Å²) in [5, 5.41) is 125. The molecule has 19 heteroatoms. The van der Waals surface area contributed by atoms with Gasteiger partial charge >= 0.3 is 5.97 Å². The molecule has 0 aromatic carbocycles. The van der Waals surface area contributed by atoms with Crippen LogP contribution in [0.4, 0.5) is 0 Å². The van der Waals surface area contributed by atoms with Gasteiger partial charge in [0.15, 0.2) is 31.3 Å². The van der Waals surface area contributed by atoms with Crippen LogP contribution in [-0.2, 0) is 23.8 Å². The minimum absolute atomic E-state index is 0.253. The molecule has 0 aromatic heterocycles. The number of carboxylic acids is 1. The standard InChI is InChI=1S/C6H10O7.C6H12O6.C6H10O6/c7-1-2(8)4(5(10)11)13-6(12)3(1)9;2*7-1-2-3(8)4(9)5(10)6(11)12-2/h1-4,6-9,12H,(H,10,11);2-11H,1H2;1-6,8-11H/t1-,2-,3+,4?,6-;2*2?,3-,4+,5-,6+/m100/s1. The Kier molecular flexibility index (Phi) is 13.2. The first-order chi connectivity index (χ1) is 17.1.